The number of benzene rings is 2. The smallest absolute Gasteiger partial charge is 0.130 e. The molecule has 0 amide bonds. The van der Waals surface area contributed by atoms with Gasteiger partial charge in [-0.15, -0.1) is 0 Å². The maximum absolute atomic E-state index is 9.51. The summed E-state index contributed by atoms with van der Waals surface area (Å²) in [5.41, 5.74) is 2.05. The number of hydrogen-bond acceptors (Lipinski definition) is 2. The van der Waals surface area contributed by atoms with E-state index in [1.54, 1.807) is 6.92 Å². The number of ether oxygens (including phenoxy) is 1. The van der Waals surface area contributed by atoms with Crippen LogP contribution in [0.3, 0.4) is 0 Å². The van der Waals surface area contributed by atoms with Gasteiger partial charge < -0.3 is 9.84 Å². The third-order valence-electron chi connectivity index (χ3n) is 3.18. The molecule has 0 spiro atoms. The lowest BCUT2D eigenvalue weighted by Gasteiger charge is -2.14. The van der Waals surface area contributed by atoms with E-state index < -0.39 is 6.10 Å². The average Bonchev–Trinajstić information content (AvgIpc) is 2.41. The Bertz CT molecular complexity index is 574. The van der Waals surface area contributed by atoms with E-state index in [9.17, 15) is 5.11 Å². The van der Waals surface area contributed by atoms with Gasteiger partial charge in [0, 0.05) is 4.47 Å². The van der Waals surface area contributed by atoms with Crippen molar-refractivity contribution in [3.05, 3.63) is 58.1 Å². The number of rotatable bonds is 4. The minimum Gasteiger partial charge on any atom is -0.457 e. The molecule has 2 rings (SSSR count). The van der Waals surface area contributed by atoms with Crippen LogP contribution in [0.2, 0.25) is 0 Å². The zero-order valence-electron chi connectivity index (χ0n) is 11.9. The van der Waals surface area contributed by atoms with Crippen molar-refractivity contribution in [1.29, 1.82) is 0 Å². The van der Waals surface area contributed by atoms with Crippen LogP contribution in [0.25, 0.3) is 0 Å². The quantitative estimate of drug-likeness (QED) is 0.809. The third kappa shape index (κ3) is 3.62. The Balaban J connectivity index is 2.25. The molecule has 0 bridgehead atoms. The Labute approximate surface area is 128 Å². The molecule has 106 valence electrons. The molecule has 0 aliphatic rings. The first-order valence-electron chi connectivity index (χ1n) is 6.72. The summed E-state index contributed by atoms with van der Waals surface area (Å²) < 4.78 is 7.01. The second-order valence-electron chi connectivity index (χ2n) is 5.18. The van der Waals surface area contributed by atoms with Gasteiger partial charge in [-0.1, -0.05) is 41.9 Å². The minimum absolute atomic E-state index is 0.388. The first kappa shape index (κ1) is 15.1. The predicted molar refractivity (Wildman–Crippen MR) is 85.4 cm³/mol. The van der Waals surface area contributed by atoms with E-state index in [-0.39, 0.29) is 0 Å². The molecule has 0 saturated carbocycles. The summed E-state index contributed by atoms with van der Waals surface area (Å²) in [6.07, 6.45) is -0.456. The van der Waals surface area contributed by atoms with Crippen LogP contribution in [0, 0.1) is 0 Å². The average molecular weight is 335 g/mol. The molecule has 1 atom stereocenters. The fourth-order valence-electron chi connectivity index (χ4n) is 2.00. The summed E-state index contributed by atoms with van der Waals surface area (Å²) in [5, 5.41) is 9.51. The highest BCUT2D eigenvalue weighted by Gasteiger charge is 2.10. The molecule has 2 aromatic carbocycles. The van der Waals surface area contributed by atoms with Crippen LogP contribution in [0.15, 0.2) is 46.9 Å². The molecular formula is C17H19BrO2. The SMILES string of the molecule is CC(C)c1cc(Br)ccc1Oc1ccc(C(C)O)cc1. The van der Waals surface area contributed by atoms with Crippen molar-refractivity contribution in [3.8, 4) is 11.5 Å². The van der Waals surface area contributed by atoms with Gasteiger partial charge in [0.05, 0.1) is 6.10 Å². The van der Waals surface area contributed by atoms with E-state index in [1.165, 1.54) is 5.56 Å². The third-order valence-corrected chi connectivity index (χ3v) is 3.68. The van der Waals surface area contributed by atoms with Gasteiger partial charge in [0.2, 0.25) is 0 Å². The Kier molecular flexibility index (Phi) is 4.84. The van der Waals surface area contributed by atoms with Gasteiger partial charge >= 0.3 is 0 Å². The zero-order valence-corrected chi connectivity index (χ0v) is 13.5. The molecule has 1 unspecified atom stereocenters. The Morgan fingerprint density at radius 1 is 1.00 bits per heavy atom. The largest absolute Gasteiger partial charge is 0.457 e. The Hall–Kier alpha value is -1.32. The summed E-state index contributed by atoms with van der Waals surface area (Å²) in [6, 6.07) is 13.6. The lowest BCUT2D eigenvalue weighted by atomic mass is 10.0. The Morgan fingerprint density at radius 2 is 1.65 bits per heavy atom. The molecule has 0 radical (unpaired) electrons. The van der Waals surface area contributed by atoms with E-state index in [2.05, 4.69) is 35.8 Å². The zero-order chi connectivity index (χ0) is 14.7. The van der Waals surface area contributed by atoms with Gasteiger partial charge in [0.25, 0.3) is 0 Å². The highest BCUT2D eigenvalue weighted by molar-refractivity contribution is 9.10. The number of hydrogen-bond donors (Lipinski definition) is 1. The van der Waals surface area contributed by atoms with Gasteiger partial charge in [-0.2, -0.15) is 0 Å². The van der Waals surface area contributed by atoms with Crippen LogP contribution in [0.5, 0.6) is 11.5 Å². The van der Waals surface area contributed by atoms with Crippen molar-refractivity contribution >= 4 is 15.9 Å². The number of aliphatic hydroxyl groups is 1. The highest BCUT2D eigenvalue weighted by atomic mass is 79.9. The minimum atomic E-state index is -0.456. The molecule has 0 heterocycles. The summed E-state index contributed by atoms with van der Waals surface area (Å²) in [6.45, 7) is 6.04. The van der Waals surface area contributed by atoms with E-state index in [1.807, 2.05) is 36.4 Å². The molecule has 2 aromatic rings. The summed E-state index contributed by atoms with van der Waals surface area (Å²) in [7, 11) is 0. The van der Waals surface area contributed by atoms with E-state index >= 15 is 0 Å². The van der Waals surface area contributed by atoms with Crippen LogP contribution >= 0.6 is 15.9 Å². The summed E-state index contributed by atoms with van der Waals surface area (Å²) >= 11 is 3.49. The molecule has 3 heteroatoms. The molecule has 20 heavy (non-hydrogen) atoms. The molecule has 0 saturated heterocycles. The molecule has 2 nitrogen and oxygen atoms in total. The van der Waals surface area contributed by atoms with E-state index in [4.69, 9.17) is 4.74 Å². The summed E-state index contributed by atoms with van der Waals surface area (Å²) in [5.74, 6) is 2.03. The van der Waals surface area contributed by atoms with Crippen molar-refractivity contribution < 1.29 is 9.84 Å². The summed E-state index contributed by atoms with van der Waals surface area (Å²) in [4.78, 5) is 0. The topological polar surface area (TPSA) is 29.5 Å². The standard InChI is InChI=1S/C17H19BrO2/c1-11(2)16-10-14(18)6-9-17(16)20-15-7-4-13(5-8-15)12(3)19/h4-12,19H,1-3H3. The lowest BCUT2D eigenvalue weighted by Crippen LogP contribution is -1.95. The van der Waals surface area contributed by atoms with Crippen molar-refractivity contribution in [2.75, 3.05) is 0 Å². The van der Waals surface area contributed by atoms with Crippen LogP contribution in [-0.4, -0.2) is 5.11 Å². The molecule has 1 N–H and O–H groups in total. The maximum Gasteiger partial charge on any atom is 0.130 e. The maximum atomic E-state index is 9.51. The van der Waals surface area contributed by atoms with Gasteiger partial charge in [-0.05, 0) is 54.3 Å². The normalized spacial score (nSPS) is 12.5. The van der Waals surface area contributed by atoms with Crippen molar-refractivity contribution in [2.24, 2.45) is 0 Å². The second kappa shape index (κ2) is 6.42. The van der Waals surface area contributed by atoms with E-state index in [0.717, 1.165) is 21.5 Å². The van der Waals surface area contributed by atoms with Gasteiger partial charge in [0.1, 0.15) is 11.5 Å². The predicted octanol–water partition coefficient (Wildman–Crippen LogP) is 5.42. The highest BCUT2D eigenvalue weighted by Crippen LogP contribution is 2.33. The van der Waals surface area contributed by atoms with E-state index in [0.29, 0.717) is 5.92 Å². The van der Waals surface area contributed by atoms with Crippen LogP contribution in [-0.2, 0) is 0 Å². The number of halogens is 1. The molecular weight excluding hydrogens is 316 g/mol. The molecule has 0 aromatic heterocycles. The number of aliphatic hydroxyl groups excluding tert-OH is 1. The molecule has 0 aliphatic carbocycles. The first-order chi connectivity index (χ1) is 9.47. The van der Waals surface area contributed by atoms with Crippen LogP contribution in [0.4, 0.5) is 0 Å². The Morgan fingerprint density at radius 3 is 2.20 bits per heavy atom. The first-order valence-corrected chi connectivity index (χ1v) is 7.52. The molecule has 0 aliphatic heterocycles. The van der Waals surface area contributed by atoms with Gasteiger partial charge in [-0.3, -0.25) is 0 Å². The second-order valence-corrected chi connectivity index (χ2v) is 6.10. The van der Waals surface area contributed by atoms with Crippen LogP contribution < -0.4 is 4.74 Å². The monoisotopic (exact) mass is 334 g/mol. The van der Waals surface area contributed by atoms with Crippen molar-refractivity contribution in [1.82, 2.24) is 0 Å². The fraction of sp³-hybridized carbons (Fsp3) is 0.294. The lowest BCUT2D eigenvalue weighted by molar-refractivity contribution is 0.199. The van der Waals surface area contributed by atoms with Crippen LogP contribution in [0.1, 0.15) is 43.9 Å². The van der Waals surface area contributed by atoms with Gasteiger partial charge in [-0.25, -0.2) is 0 Å². The fourth-order valence-corrected chi connectivity index (χ4v) is 2.38. The van der Waals surface area contributed by atoms with Crippen molar-refractivity contribution in [3.63, 3.8) is 0 Å². The molecule has 0 fully saturated rings. The van der Waals surface area contributed by atoms with Crippen molar-refractivity contribution in [2.45, 2.75) is 32.8 Å². The van der Waals surface area contributed by atoms with Gasteiger partial charge in [0.15, 0.2) is 0 Å².